The highest BCUT2D eigenvalue weighted by Gasteiger charge is 1.97. The molecule has 0 bridgehead atoms. The Hall–Kier alpha value is -0.660. The van der Waals surface area contributed by atoms with Crippen molar-refractivity contribution in [1.82, 2.24) is 0 Å². The molecule has 0 aliphatic carbocycles. The molecule has 0 aromatic heterocycles. The molecule has 0 aromatic rings. The molecule has 0 unspecified atom stereocenters. The van der Waals surface area contributed by atoms with E-state index in [1.807, 2.05) is 6.92 Å². The van der Waals surface area contributed by atoms with Gasteiger partial charge in [0.1, 0.15) is 5.83 Å². The van der Waals surface area contributed by atoms with Crippen LogP contribution in [0.2, 0.25) is 0 Å². The van der Waals surface area contributed by atoms with Crippen molar-refractivity contribution in [2.75, 3.05) is 0 Å². The second kappa shape index (κ2) is 5.05. The lowest BCUT2D eigenvalue weighted by Crippen LogP contribution is -1.79. The van der Waals surface area contributed by atoms with Gasteiger partial charge in [-0.15, -0.1) is 0 Å². The minimum Gasteiger partial charge on any atom is -0.212 e. The highest BCUT2D eigenvalue weighted by molar-refractivity contribution is 5.09. The van der Waals surface area contributed by atoms with Gasteiger partial charge in [-0.3, -0.25) is 0 Å². The van der Waals surface area contributed by atoms with E-state index in [2.05, 4.69) is 0 Å². The molecule has 0 amide bonds. The SMILES string of the molecule is CC/C(C)=C(\F)C/C=C(\C)F. The summed E-state index contributed by atoms with van der Waals surface area (Å²) in [6.07, 6.45) is 2.02. The molecule has 0 fully saturated rings. The predicted molar refractivity (Wildman–Crippen MR) is 43.6 cm³/mol. The second-order valence-corrected chi connectivity index (χ2v) is 2.53. The minimum absolute atomic E-state index is 0.0853. The maximum atomic E-state index is 12.8. The van der Waals surface area contributed by atoms with Crippen LogP contribution >= 0.6 is 0 Å². The van der Waals surface area contributed by atoms with Crippen molar-refractivity contribution < 1.29 is 8.78 Å². The standard InChI is InChI=1S/C9H14F2/c1-4-7(2)9(11)6-5-8(3)10/h5H,4,6H2,1-3H3/b8-5+,9-7-. The number of rotatable bonds is 3. The van der Waals surface area contributed by atoms with Crippen LogP contribution < -0.4 is 0 Å². The third kappa shape index (κ3) is 4.71. The van der Waals surface area contributed by atoms with Crippen molar-refractivity contribution in [1.29, 1.82) is 0 Å². The van der Waals surface area contributed by atoms with E-state index in [0.717, 1.165) is 0 Å². The summed E-state index contributed by atoms with van der Waals surface area (Å²) < 4.78 is 24.9. The van der Waals surface area contributed by atoms with Gasteiger partial charge in [-0.25, -0.2) is 8.78 Å². The van der Waals surface area contributed by atoms with Gasteiger partial charge in [0.05, 0.1) is 5.83 Å². The van der Waals surface area contributed by atoms with Gasteiger partial charge in [-0.1, -0.05) is 6.92 Å². The third-order valence-corrected chi connectivity index (χ3v) is 1.56. The Morgan fingerprint density at radius 3 is 2.18 bits per heavy atom. The molecule has 0 nitrogen and oxygen atoms in total. The molecular weight excluding hydrogens is 146 g/mol. The minimum atomic E-state index is -0.330. The smallest absolute Gasteiger partial charge is 0.103 e. The topological polar surface area (TPSA) is 0 Å². The Bertz CT molecular complexity index is 174. The average molecular weight is 160 g/mol. The van der Waals surface area contributed by atoms with E-state index in [1.165, 1.54) is 13.0 Å². The number of halogens is 2. The van der Waals surface area contributed by atoms with Crippen LogP contribution in [0, 0.1) is 0 Å². The molecule has 0 spiro atoms. The average Bonchev–Trinajstić information content (AvgIpc) is 1.98. The molecule has 0 heterocycles. The zero-order valence-electron chi connectivity index (χ0n) is 7.25. The summed E-state index contributed by atoms with van der Waals surface area (Å²) in [7, 11) is 0. The predicted octanol–water partition coefficient (Wildman–Crippen LogP) is 3.90. The van der Waals surface area contributed by atoms with Crippen LogP contribution in [0.4, 0.5) is 8.78 Å². The first-order valence-electron chi connectivity index (χ1n) is 3.74. The van der Waals surface area contributed by atoms with Crippen LogP contribution in [0.25, 0.3) is 0 Å². The quantitative estimate of drug-likeness (QED) is 0.587. The molecule has 0 radical (unpaired) electrons. The van der Waals surface area contributed by atoms with Gasteiger partial charge in [0.2, 0.25) is 0 Å². The molecule has 2 heteroatoms. The van der Waals surface area contributed by atoms with Gasteiger partial charge in [0, 0.05) is 6.42 Å². The molecule has 0 rings (SSSR count). The van der Waals surface area contributed by atoms with Crippen LogP contribution in [-0.4, -0.2) is 0 Å². The Morgan fingerprint density at radius 1 is 1.27 bits per heavy atom. The molecular formula is C9H14F2. The first-order chi connectivity index (χ1) is 5.07. The molecule has 0 atom stereocenters. The lowest BCUT2D eigenvalue weighted by molar-refractivity contribution is 0.586. The van der Waals surface area contributed by atoms with E-state index < -0.39 is 0 Å². The van der Waals surface area contributed by atoms with Crippen LogP contribution in [0.3, 0.4) is 0 Å². The van der Waals surface area contributed by atoms with Crippen molar-refractivity contribution in [3.05, 3.63) is 23.3 Å². The van der Waals surface area contributed by atoms with Crippen LogP contribution in [0.15, 0.2) is 23.3 Å². The molecule has 64 valence electrons. The highest BCUT2D eigenvalue weighted by atomic mass is 19.1. The third-order valence-electron chi connectivity index (χ3n) is 1.56. The lowest BCUT2D eigenvalue weighted by Gasteiger charge is -1.97. The molecule has 0 N–H and O–H groups in total. The van der Waals surface area contributed by atoms with E-state index in [0.29, 0.717) is 12.0 Å². The van der Waals surface area contributed by atoms with Crippen molar-refractivity contribution in [2.45, 2.75) is 33.6 Å². The number of hydrogen-bond donors (Lipinski definition) is 0. The zero-order chi connectivity index (χ0) is 8.85. The van der Waals surface area contributed by atoms with E-state index in [-0.39, 0.29) is 18.1 Å². The summed E-state index contributed by atoms with van der Waals surface area (Å²) in [5.74, 6) is -0.548. The van der Waals surface area contributed by atoms with Gasteiger partial charge < -0.3 is 0 Å². The summed E-state index contributed by atoms with van der Waals surface area (Å²) in [5, 5.41) is 0. The monoisotopic (exact) mass is 160 g/mol. The molecule has 0 aliphatic rings. The van der Waals surface area contributed by atoms with E-state index in [9.17, 15) is 8.78 Å². The van der Waals surface area contributed by atoms with Gasteiger partial charge in [-0.2, -0.15) is 0 Å². The van der Waals surface area contributed by atoms with Gasteiger partial charge in [0.25, 0.3) is 0 Å². The van der Waals surface area contributed by atoms with E-state index in [4.69, 9.17) is 0 Å². The maximum absolute atomic E-state index is 12.8. The fraction of sp³-hybridized carbons (Fsp3) is 0.556. The van der Waals surface area contributed by atoms with Crippen molar-refractivity contribution in [2.24, 2.45) is 0 Å². The molecule has 0 aliphatic heterocycles. The van der Waals surface area contributed by atoms with Gasteiger partial charge in [-0.05, 0) is 31.9 Å². The number of hydrogen-bond acceptors (Lipinski definition) is 0. The maximum Gasteiger partial charge on any atom is 0.103 e. The Morgan fingerprint density at radius 2 is 1.82 bits per heavy atom. The van der Waals surface area contributed by atoms with Crippen molar-refractivity contribution in [3.8, 4) is 0 Å². The largest absolute Gasteiger partial charge is 0.212 e. The van der Waals surface area contributed by atoms with E-state index in [1.54, 1.807) is 6.92 Å². The second-order valence-electron chi connectivity index (χ2n) is 2.53. The summed E-state index contributed by atoms with van der Waals surface area (Å²) in [4.78, 5) is 0. The summed E-state index contributed by atoms with van der Waals surface area (Å²) in [6, 6.07) is 0. The first kappa shape index (κ1) is 10.3. The summed E-state index contributed by atoms with van der Waals surface area (Å²) in [6.45, 7) is 4.91. The van der Waals surface area contributed by atoms with Crippen LogP contribution in [0.5, 0.6) is 0 Å². The van der Waals surface area contributed by atoms with Crippen LogP contribution in [-0.2, 0) is 0 Å². The summed E-state index contributed by atoms with van der Waals surface area (Å²) in [5.41, 5.74) is 0.697. The Labute approximate surface area is 66.6 Å². The van der Waals surface area contributed by atoms with Gasteiger partial charge in [0.15, 0.2) is 0 Å². The fourth-order valence-corrected chi connectivity index (χ4v) is 0.596. The fourth-order valence-electron chi connectivity index (χ4n) is 0.596. The van der Waals surface area contributed by atoms with Gasteiger partial charge >= 0.3 is 0 Å². The molecule has 11 heavy (non-hydrogen) atoms. The first-order valence-corrected chi connectivity index (χ1v) is 3.74. The Balaban J connectivity index is 4.06. The molecule has 0 saturated heterocycles. The Kier molecular flexibility index (Phi) is 4.75. The molecule has 0 aromatic carbocycles. The van der Waals surface area contributed by atoms with E-state index >= 15 is 0 Å². The normalized spacial score (nSPS) is 14.8. The van der Waals surface area contributed by atoms with Crippen LogP contribution in [0.1, 0.15) is 33.6 Å². The lowest BCUT2D eigenvalue weighted by atomic mass is 10.2. The molecule has 0 saturated carbocycles. The highest BCUT2D eigenvalue weighted by Crippen LogP contribution is 2.14. The summed E-state index contributed by atoms with van der Waals surface area (Å²) >= 11 is 0. The van der Waals surface area contributed by atoms with Crippen molar-refractivity contribution >= 4 is 0 Å². The number of allylic oxidation sites excluding steroid dienone is 4. The zero-order valence-corrected chi connectivity index (χ0v) is 7.25. The van der Waals surface area contributed by atoms with Crippen molar-refractivity contribution in [3.63, 3.8) is 0 Å².